The normalized spacial score (nSPS) is 17.7. The van der Waals surface area contributed by atoms with E-state index in [4.69, 9.17) is 4.74 Å². The monoisotopic (exact) mass is 487 g/mol. The molecule has 2 atom stereocenters. The lowest BCUT2D eigenvalue weighted by Crippen LogP contribution is -2.53. The molecular weight excluding hydrogens is 454 g/mol. The van der Waals surface area contributed by atoms with Crippen LogP contribution in [0.5, 0.6) is 5.75 Å². The van der Waals surface area contributed by atoms with Crippen LogP contribution in [-0.2, 0) is 26.0 Å². The second-order valence-electron chi connectivity index (χ2n) is 8.79. The number of hydrogen-bond acceptors (Lipinski definition) is 5. The predicted molar refractivity (Wildman–Crippen MR) is 130 cm³/mol. The number of carbonyl (C=O) groups excluding carboxylic acids is 2. The fourth-order valence-corrected chi connectivity index (χ4v) is 5.53. The number of sulfonamides is 1. The van der Waals surface area contributed by atoms with Crippen molar-refractivity contribution in [3.8, 4) is 5.75 Å². The molecule has 8 nitrogen and oxygen atoms in total. The lowest BCUT2D eigenvalue weighted by molar-refractivity contribution is -0.132. The molecule has 3 rings (SSSR count). The number of amides is 2. The quantitative estimate of drug-likeness (QED) is 0.565. The third-order valence-electron chi connectivity index (χ3n) is 5.80. The highest BCUT2D eigenvalue weighted by atomic mass is 32.2. The number of nitrogens with zero attached hydrogens (tertiary/aromatic N) is 1. The molecule has 0 saturated carbocycles. The molecule has 2 aromatic carbocycles. The van der Waals surface area contributed by atoms with Gasteiger partial charge in [-0.1, -0.05) is 30.3 Å². The van der Waals surface area contributed by atoms with E-state index >= 15 is 0 Å². The van der Waals surface area contributed by atoms with Crippen molar-refractivity contribution in [1.29, 1.82) is 0 Å². The van der Waals surface area contributed by atoms with Gasteiger partial charge < -0.3 is 15.4 Å². The summed E-state index contributed by atoms with van der Waals surface area (Å²) in [4.78, 5) is 26.1. The Kier molecular flexibility index (Phi) is 8.68. The van der Waals surface area contributed by atoms with E-state index in [9.17, 15) is 18.0 Å². The minimum atomic E-state index is -3.74. The maximum Gasteiger partial charge on any atom is 0.243 e. The van der Waals surface area contributed by atoms with Gasteiger partial charge >= 0.3 is 0 Å². The maximum absolute atomic E-state index is 13.2. The summed E-state index contributed by atoms with van der Waals surface area (Å²) in [5.41, 5.74) is 0.930. The third-order valence-corrected chi connectivity index (χ3v) is 7.68. The molecule has 1 fully saturated rings. The molecule has 2 unspecified atom stereocenters. The Bertz CT molecular complexity index is 1070. The van der Waals surface area contributed by atoms with E-state index in [1.165, 1.54) is 23.5 Å². The van der Waals surface area contributed by atoms with Gasteiger partial charge in [-0.15, -0.1) is 0 Å². The molecule has 0 bridgehead atoms. The molecule has 2 aromatic rings. The first-order chi connectivity index (χ1) is 16.2. The van der Waals surface area contributed by atoms with Gasteiger partial charge in [0.05, 0.1) is 17.9 Å². The zero-order valence-electron chi connectivity index (χ0n) is 19.9. The maximum atomic E-state index is 13.2. The minimum Gasteiger partial charge on any atom is -0.497 e. The predicted octanol–water partition coefficient (Wildman–Crippen LogP) is 2.35. The number of ether oxygens (including phenoxy) is 1. The highest BCUT2D eigenvalue weighted by Gasteiger charge is 2.34. The zero-order valence-corrected chi connectivity index (χ0v) is 20.7. The molecule has 1 aliphatic rings. The van der Waals surface area contributed by atoms with Crippen LogP contribution in [0.15, 0.2) is 59.5 Å². The minimum absolute atomic E-state index is 0.0671. The number of rotatable bonds is 9. The van der Waals surface area contributed by atoms with E-state index in [1.807, 2.05) is 44.2 Å². The van der Waals surface area contributed by atoms with Crippen LogP contribution in [0.2, 0.25) is 0 Å². The lowest BCUT2D eigenvalue weighted by Gasteiger charge is -2.32. The van der Waals surface area contributed by atoms with Gasteiger partial charge in [0.1, 0.15) is 11.8 Å². The van der Waals surface area contributed by atoms with Crippen molar-refractivity contribution >= 4 is 21.8 Å². The molecule has 1 saturated heterocycles. The van der Waals surface area contributed by atoms with E-state index in [1.54, 1.807) is 12.1 Å². The summed E-state index contributed by atoms with van der Waals surface area (Å²) in [6, 6.07) is 14.9. The summed E-state index contributed by atoms with van der Waals surface area (Å²) in [5.74, 6) is -0.536. The van der Waals surface area contributed by atoms with Crippen LogP contribution < -0.4 is 15.4 Å². The SMILES string of the molecule is COc1ccc(S(=O)(=O)N2CCCC(C(=O)NC(Cc3ccccc3)C(=O)NC(C)C)C2)cc1. The molecule has 1 heterocycles. The van der Waals surface area contributed by atoms with Crippen molar-refractivity contribution in [3.05, 3.63) is 60.2 Å². The summed E-state index contributed by atoms with van der Waals surface area (Å²) in [5, 5.41) is 5.74. The first kappa shape index (κ1) is 25.7. The fourth-order valence-electron chi connectivity index (χ4n) is 4.01. The van der Waals surface area contributed by atoms with Gasteiger partial charge in [0.2, 0.25) is 21.8 Å². The van der Waals surface area contributed by atoms with Crippen molar-refractivity contribution in [2.24, 2.45) is 5.92 Å². The van der Waals surface area contributed by atoms with Crippen LogP contribution in [0.4, 0.5) is 0 Å². The smallest absolute Gasteiger partial charge is 0.243 e. The summed E-state index contributed by atoms with van der Waals surface area (Å²) >= 11 is 0. The molecule has 34 heavy (non-hydrogen) atoms. The van der Waals surface area contributed by atoms with Crippen molar-refractivity contribution in [3.63, 3.8) is 0 Å². The second kappa shape index (κ2) is 11.5. The molecule has 2 amide bonds. The molecule has 184 valence electrons. The topological polar surface area (TPSA) is 105 Å². The number of nitrogens with one attached hydrogen (secondary N) is 2. The Morgan fingerprint density at radius 3 is 2.35 bits per heavy atom. The highest BCUT2D eigenvalue weighted by molar-refractivity contribution is 7.89. The number of carbonyl (C=O) groups is 2. The lowest BCUT2D eigenvalue weighted by atomic mass is 9.97. The van der Waals surface area contributed by atoms with Crippen LogP contribution in [0.25, 0.3) is 0 Å². The molecule has 1 aliphatic heterocycles. The molecule has 0 aromatic heterocycles. The van der Waals surface area contributed by atoms with Gasteiger partial charge in [-0.3, -0.25) is 9.59 Å². The fraction of sp³-hybridized carbons (Fsp3) is 0.440. The molecule has 0 radical (unpaired) electrons. The first-order valence-corrected chi connectivity index (χ1v) is 12.9. The summed E-state index contributed by atoms with van der Waals surface area (Å²) in [6.45, 7) is 4.15. The summed E-state index contributed by atoms with van der Waals surface area (Å²) in [6.07, 6.45) is 1.48. The van der Waals surface area contributed by atoms with Gasteiger partial charge in [0.15, 0.2) is 0 Å². The standard InChI is InChI=1S/C25H33N3O5S/c1-18(2)26-25(30)23(16-19-8-5-4-6-9-19)27-24(29)20-10-7-15-28(17-20)34(31,32)22-13-11-21(33-3)12-14-22/h4-6,8-9,11-14,18,20,23H,7,10,15-17H2,1-3H3,(H,26,30)(H,27,29). The summed E-state index contributed by atoms with van der Waals surface area (Å²) < 4.78 is 32.7. The van der Waals surface area contributed by atoms with E-state index in [2.05, 4.69) is 10.6 Å². The molecule has 0 spiro atoms. The Morgan fingerprint density at radius 1 is 1.06 bits per heavy atom. The number of methoxy groups -OCH3 is 1. The Balaban J connectivity index is 1.71. The van der Waals surface area contributed by atoms with E-state index < -0.39 is 22.0 Å². The van der Waals surface area contributed by atoms with E-state index in [0.29, 0.717) is 31.6 Å². The van der Waals surface area contributed by atoms with E-state index in [-0.39, 0.29) is 29.3 Å². The van der Waals surface area contributed by atoms with Crippen LogP contribution >= 0.6 is 0 Å². The molecular formula is C25H33N3O5S. The van der Waals surface area contributed by atoms with Crippen molar-refractivity contribution in [1.82, 2.24) is 14.9 Å². The molecule has 0 aliphatic carbocycles. The van der Waals surface area contributed by atoms with Crippen LogP contribution in [0.1, 0.15) is 32.3 Å². The average molecular weight is 488 g/mol. The molecule has 2 N–H and O–H groups in total. The van der Waals surface area contributed by atoms with Crippen LogP contribution in [-0.4, -0.2) is 56.8 Å². The Labute approximate surface area is 201 Å². The highest BCUT2D eigenvalue weighted by Crippen LogP contribution is 2.25. The third kappa shape index (κ3) is 6.57. The number of hydrogen-bond donors (Lipinski definition) is 2. The van der Waals surface area contributed by atoms with Gasteiger partial charge in [-0.25, -0.2) is 8.42 Å². The second-order valence-corrected chi connectivity index (χ2v) is 10.7. The Morgan fingerprint density at radius 2 is 1.74 bits per heavy atom. The average Bonchev–Trinajstić information content (AvgIpc) is 2.84. The van der Waals surface area contributed by atoms with Crippen molar-refractivity contribution in [2.45, 2.75) is 50.1 Å². The van der Waals surface area contributed by atoms with Crippen molar-refractivity contribution in [2.75, 3.05) is 20.2 Å². The number of benzene rings is 2. The first-order valence-electron chi connectivity index (χ1n) is 11.5. The zero-order chi connectivity index (χ0) is 24.7. The van der Waals surface area contributed by atoms with Crippen molar-refractivity contribution < 1.29 is 22.7 Å². The largest absolute Gasteiger partial charge is 0.497 e. The number of piperidine rings is 1. The van der Waals surface area contributed by atoms with Crippen LogP contribution in [0.3, 0.4) is 0 Å². The van der Waals surface area contributed by atoms with E-state index in [0.717, 1.165) is 5.56 Å². The van der Waals surface area contributed by atoms with Gasteiger partial charge in [0.25, 0.3) is 0 Å². The van der Waals surface area contributed by atoms with Gasteiger partial charge in [-0.2, -0.15) is 4.31 Å². The Hall–Kier alpha value is -2.91. The van der Waals surface area contributed by atoms with Gasteiger partial charge in [-0.05, 0) is 56.5 Å². The summed E-state index contributed by atoms with van der Waals surface area (Å²) in [7, 11) is -2.23. The molecule has 9 heteroatoms. The van der Waals surface area contributed by atoms with Gasteiger partial charge in [0, 0.05) is 25.6 Å². The van der Waals surface area contributed by atoms with Crippen LogP contribution in [0, 0.1) is 5.92 Å².